The number of fused-ring (bicyclic) bond motifs is 4. The number of ether oxygens (including phenoxy) is 1. The Morgan fingerprint density at radius 1 is 0.635 bits per heavy atom. The van der Waals surface area contributed by atoms with Crippen LogP contribution in [0.25, 0.3) is 27.6 Å². The molecule has 0 unspecified atom stereocenters. The molecule has 7 aromatic rings. The zero-order valence-corrected chi connectivity index (χ0v) is 33.3. The van der Waals surface area contributed by atoms with Crippen LogP contribution in [-0.4, -0.2) is 9.55 Å². The normalized spacial score (nSPS) is 13.1. The molecule has 3 heterocycles. The summed E-state index contributed by atoms with van der Waals surface area (Å²) in [5.41, 5.74) is 11.4. The van der Waals surface area contributed by atoms with Crippen LogP contribution in [0, 0.1) is 32.6 Å². The number of nitrogens with zero attached hydrogens (tertiary/aromatic N) is 4. The number of rotatable bonds is 5. The quantitative estimate of drug-likeness (QED) is 0.161. The number of aryl methyl sites for hydroxylation is 2. The smallest absolute Gasteiger partial charge is 0.135 e. The van der Waals surface area contributed by atoms with Gasteiger partial charge in [-0.2, -0.15) is 12.1 Å². The van der Waals surface area contributed by atoms with Crippen molar-refractivity contribution in [1.29, 1.82) is 0 Å². The summed E-state index contributed by atoms with van der Waals surface area (Å²) in [6, 6.07) is 43.2. The molecule has 0 N–H and O–H groups in total. The van der Waals surface area contributed by atoms with E-state index < -0.39 is 0 Å². The molecule has 0 fully saturated rings. The van der Waals surface area contributed by atoms with Gasteiger partial charge in [-0.25, -0.2) is 4.98 Å². The zero-order chi connectivity index (χ0) is 35.7. The third kappa shape index (κ3) is 6.30. The summed E-state index contributed by atoms with van der Waals surface area (Å²) in [7, 11) is 0. The van der Waals surface area contributed by atoms with Gasteiger partial charge in [0.05, 0.1) is 0 Å². The SMILES string of the molecule is Cc1cc(C(C)(C)C)cc(C)c1N1[CH-]N(c2[c-]c(Oc3[c-]c4c(cc3)c3ccccc3n4-c3cc(C(C)(C)C)ccn3)ccc2)c2ccccc21.[Pt]. The van der Waals surface area contributed by atoms with Gasteiger partial charge in [0, 0.05) is 61.3 Å². The first kappa shape index (κ1) is 35.5. The zero-order valence-electron chi connectivity index (χ0n) is 31.0. The van der Waals surface area contributed by atoms with Crippen molar-refractivity contribution in [3.05, 3.63) is 150 Å². The van der Waals surface area contributed by atoms with Crippen LogP contribution in [0.4, 0.5) is 22.7 Å². The number of benzene rings is 5. The molecule has 0 atom stereocenters. The summed E-state index contributed by atoms with van der Waals surface area (Å²) in [5, 5.41) is 2.25. The van der Waals surface area contributed by atoms with Gasteiger partial charge in [-0.15, -0.1) is 48.1 Å². The Balaban J connectivity index is 0.00000420. The van der Waals surface area contributed by atoms with Gasteiger partial charge < -0.3 is 19.1 Å². The molecule has 0 bridgehead atoms. The number of hydrogen-bond donors (Lipinski definition) is 0. The predicted octanol–water partition coefficient (Wildman–Crippen LogP) is 12.2. The van der Waals surface area contributed by atoms with Crippen LogP contribution in [0.1, 0.15) is 63.8 Å². The third-order valence-corrected chi connectivity index (χ3v) is 9.86. The van der Waals surface area contributed by atoms with Crippen LogP contribution in [0.5, 0.6) is 11.5 Å². The minimum absolute atomic E-state index is 0. The molecule has 266 valence electrons. The summed E-state index contributed by atoms with van der Waals surface area (Å²) in [6.45, 7) is 20.1. The van der Waals surface area contributed by atoms with Gasteiger partial charge in [-0.05, 0) is 82.6 Å². The maximum Gasteiger partial charge on any atom is 0.135 e. The van der Waals surface area contributed by atoms with E-state index in [1.165, 1.54) is 27.9 Å². The molecular formula is C46H43N4OPt-3. The molecule has 1 aliphatic rings. The van der Waals surface area contributed by atoms with E-state index in [1.807, 2.05) is 24.4 Å². The Morgan fingerprint density at radius 2 is 1.29 bits per heavy atom. The Morgan fingerprint density at radius 3 is 2.00 bits per heavy atom. The Bertz CT molecular complexity index is 2430. The number of anilines is 4. The summed E-state index contributed by atoms with van der Waals surface area (Å²) in [6.07, 6.45) is 1.90. The fraction of sp³-hybridized carbons (Fsp3) is 0.217. The minimum Gasteiger partial charge on any atom is -0.509 e. The van der Waals surface area contributed by atoms with E-state index in [9.17, 15) is 0 Å². The third-order valence-electron chi connectivity index (χ3n) is 9.86. The Labute approximate surface area is 322 Å². The van der Waals surface area contributed by atoms with Crippen LogP contribution >= 0.6 is 0 Å². The molecule has 0 aliphatic carbocycles. The molecule has 0 saturated carbocycles. The van der Waals surface area contributed by atoms with Gasteiger partial charge in [0.15, 0.2) is 0 Å². The molecule has 0 amide bonds. The van der Waals surface area contributed by atoms with E-state index in [1.54, 1.807) is 0 Å². The summed E-state index contributed by atoms with van der Waals surface area (Å²) < 4.78 is 8.73. The van der Waals surface area contributed by atoms with E-state index in [2.05, 4.69) is 173 Å². The van der Waals surface area contributed by atoms with Crippen molar-refractivity contribution < 1.29 is 25.8 Å². The Kier molecular flexibility index (Phi) is 9.07. The van der Waals surface area contributed by atoms with Gasteiger partial charge in [0.25, 0.3) is 0 Å². The molecule has 2 aromatic heterocycles. The second kappa shape index (κ2) is 13.3. The van der Waals surface area contributed by atoms with E-state index >= 15 is 0 Å². The molecule has 0 radical (unpaired) electrons. The maximum absolute atomic E-state index is 6.54. The number of para-hydroxylation sites is 3. The van der Waals surface area contributed by atoms with Gasteiger partial charge in [-0.1, -0.05) is 89.5 Å². The largest absolute Gasteiger partial charge is 0.509 e. The number of pyridine rings is 1. The second-order valence-corrected chi connectivity index (χ2v) is 15.6. The van der Waals surface area contributed by atoms with Crippen molar-refractivity contribution in [3.63, 3.8) is 0 Å². The maximum atomic E-state index is 6.54. The van der Waals surface area contributed by atoms with Crippen molar-refractivity contribution in [3.8, 4) is 17.3 Å². The van der Waals surface area contributed by atoms with Crippen molar-refractivity contribution in [2.75, 3.05) is 9.80 Å². The van der Waals surface area contributed by atoms with Gasteiger partial charge in [-0.3, -0.25) is 0 Å². The standard InChI is InChI=1S/C46H43N4O.Pt/c1-30-24-33(46(6,7)8)25-31(2)44(30)49-29-48(40-18-11-12-19-41(40)49)34-14-13-15-35(27-34)51-36-20-21-38-37-16-9-10-17-39(37)50(42(38)28-36)43-26-32(22-23-47-43)45(3,4)5;/h9-26,29H,1-8H3;/q-3;. The molecule has 1 aliphatic heterocycles. The van der Waals surface area contributed by atoms with Crippen LogP contribution in [0.15, 0.2) is 109 Å². The minimum atomic E-state index is -0.00581. The van der Waals surface area contributed by atoms with Crippen molar-refractivity contribution >= 4 is 44.6 Å². The first-order valence-electron chi connectivity index (χ1n) is 17.6. The molecule has 5 aromatic carbocycles. The van der Waals surface area contributed by atoms with Crippen LogP contribution in [0.3, 0.4) is 0 Å². The average molecular weight is 863 g/mol. The van der Waals surface area contributed by atoms with Crippen LogP contribution in [0.2, 0.25) is 0 Å². The second-order valence-electron chi connectivity index (χ2n) is 15.6. The summed E-state index contributed by atoms with van der Waals surface area (Å²) in [5.74, 6) is 2.09. The molecule has 8 rings (SSSR count). The summed E-state index contributed by atoms with van der Waals surface area (Å²) in [4.78, 5) is 9.31. The molecule has 0 saturated heterocycles. The van der Waals surface area contributed by atoms with Crippen LogP contribution in [-0.2, 0) is 31.9 Å². The van der Waals surface area contributed by atoms with Crippen molar-refractivity contribution in [2.24, 2.45) is 0 Å². The van der Waals surface area contributed by atoms with Gasteiger partial charge in [0.2, 0.25) is 0 Å². The summed E-state index contributed by atoms with van der Waals surface area (Å²) >= 11 is 0. The topological polar surface area (TPSA) is 33.5 Å². The van der Waals surface area contributed by atoms with E-state index in [0.717, 1.165) is 44.7 Å². The molecular weight excluding hydrogens is 820 g/mol. The first-order chi connectivity index (χ1) is 24.4. The van der Waals surface area contributed by atoms with E-state index in [4.69, 9.17) is 9.72 Å². The molecule has 52 heavy (non-hydrogen) atoms. The average Bonchev–Trinajstić information content (AvgIpc) is 3.63. The monoisotopic (exact) mass is 862 g/mol. The fourth-order valence-corrected chi connectivity index (χ4v) is 7.18. The molecule has 5 nitrogen and oxygen atoms in total. The van der Waals surface area contributed by atoms with E-state index in [-0.39, 0.29) is 31.9 Å². The van der Waals surface area contributed by atoms with Gasteiger partial charge in [0.1, 0.15) is 5.82 Å². The van der Waals surface area contributed by atoms with Crippen molar-refractivity contribution in [1.82, 2.24) is 9.55 Å². The van der Waals surface area contributed by atoms with Crippen LogP contribution < -0.4 is 14.5 Å². The predicted molar refractivity (Wildman–Crippen MR) is 211 cm³/mol. The fourth-order valence-electron chi connectivity index (χ4n) is 7.18. The van der Waals surface area contributed by atoms with E-state index in [0.29, 0.717) is 11.5 Å². The Hall–Kier alpha value is -4.86. The van der Waals surface area contributed by atoms with Crippen molar-refractivity contribution in [2.45, 2.75) is 66.2 Å². The van der Waals surface area contributed by atoms with Gasteiger partial charge >= 0.3 is 0 Å². The first-order valence-corrected chi connectivity index (χ1v) is 17.6. The number of hydrogen-bond acceptors (Lipinski definition) is 4. The molecule has 6 heteroatoms. The molecule has 0 spiro atoms. The number of aromatic nitrogens is 2.